The number of ketones is 1. The minimum Gasteiger partial charge on any atom is -0.298 e. The lowest BCUT2D eigenvalue weighted by atomic mass is 9.87. The first kappa shape index (κ1) is 13.9. The van der Waals surface area contributed by atoms with Gasteiger partial charge in [-0.1, -0.05) is 70.8 Å². The molecule has 1 rings (SSSR count). The van der Waals surface area contributed by atoms with Gasteiger partial charge in [0.25, 0.3) is 0 Å². The summed E-state index contributed by atoms with van der Waals surface area (Å²) in [5, 5.41) is 0. The molecular formula is C13H16Br2O. The molecule has 0 spiro atoms. The first-order valence-corrected chi connectivity index (χ1v) is 6.95. The highest BCUT2D eigenvalue weighted by Gasteiger charge is 2.28. The SMILES string of the molecule is CC(C)(C)C(=O)C(Br)Cc1ccccc1Br. The van der Waals surface area contributed by atoms with Crippen LogP contribution in [0.4, 0.5) is 0 Å². The Morgan fingerprint density at radius 2 is 1.88 bits per heavy atom. The average molecular weight is 348 g/mol. The second kappa shape index (κ2) is 5.46. The van der Waals surface area contributed by atoms with Crippen molar-refractivity contribution in [2.75, 3.05) is 0 Å². The van der Waals surface area contributed by atoms with E-state index < -0.39 is 0 Å². The molecule has 88 valence electrons. The summed E-state index contributed by atoms with van der Waals surface area (Å²) in [6.45, 7) is 5.84. The molecule has 0 saturated carbocycles. The van der Waals surface area contributed by atoms with Crippen molar-refractivity contribution < 1.29 is 4.79 Å². The van der Waals surface area contributed by atoms with Crippen LogP contribution >= 0.6 is 31.9 Å². The largest absolute Gasteiger partial charge is 0.298 e. The first-order chi connectivity index (χ1) is 7.32. The van der Waals surface area contributed by atoms with E-state index in [2.05, 4.69) is 31.9 Å². The molecule has 0 bridgehead atoms. The van der Waals surface area contributed by atoms with Gasteiger partial charge >= 0.3 is 0 Å². The smallest absolute Gasteiger partial charge is 0.152 e. The molecule has 0 aliphatic carbocycles. The number of halogens is 2. The van der Waals surface area contributed by atoms with Gasteiger partial charge in [-0.2, -0.15) is 0 Å². The Balaban J connectivity index is 2.76. The summed E-state index contributed by atoms with van der Waals surface area (Å²) in [5.41, 5.74) is 0.858. The van der Waals surface area contributed by atoms with E-state index in [1.54, 1.807) is 0 Å². The summed E-state index contributed by atoms with van der Waals surface area (Å²) in [4.78, 5) is 11.9. The Bertz CT molecular complexity index is 380. The van der Waals surface area contributed by atoms with Crippen LogP contribution in [0.25, 0.3) is 0 Å². The highest BCUT2D eigenvalue weighted by Crippen LogP contribution is 2.25. The van der Waals surface area contributed by atoms with Gasteiger partial charge in [0.2, 0.25) is 0 Å². The molecule has 0 heterocycles. The van der Waals surface area contributed by atoms with Crippen molar-refractivity contribution in [2.45, 2.75) is 32.0 Å². The zero-order valence-electron chi connectivity index (χ0n) is 9.76. The second-order valence-electron chi connectivity index (χ2n) is 4.88. The maximum absolute atomic E-state index is 12.0. The topological polar surface area (TPSA) is 17.1 Å². The van der Waals surface area contributed by atoms with Gasteiger partial charge < -0.3 is 0 Å². The second-order valence-corrected chi connectivity index (χ2v) is 6.84. The molecule has 0 radical (unpaired) electrons. The van der Waals surface area contributed by atoms with Gasteiger partial charge in [0.1, 0.15) is 0 Å². The zero-order valence-corrected chi connectivity index (χ0v) is 12.9. The molecule has 0 aliphatic heterocycles. The molecule has 1 nitrogen and oxygen atoms in total. The van der Waals surface area contributed by atoms with E-state index in [1.807, 2.05) is 45.0 Å². The predicted octanol–water partition coefficient (Wildman–Crippen LogP) is 4.37. The highest BCUT2D eigenvalue weighted by molar-refractivity contribution is 9.10. The van der Waals surface area contributed by atoms with E-state index in [4.69, 9.17) is 0 Å². The zero-order chi connectivity index (χ0) is 12.3. The molecule has 1 unspecified atom stereocenters. The van der Waals surface area contributed by atoms with Crippen molar-refractivity contribution in [1.82, 2.24) is 0 Å². The Hall–Kier alpha value is -0.150. The highest BCUT2D eigenvalue weighted by atomic mass is 79.9. The molecule has 1 aromatic carbocycles. The number of carbonyl (C=O) groups excluding carboxylic acids is 1. The van der Waals surface area contributed by atoms with Crippen molar-refractivity contribution >= 4 is 37.6 Å². The summed E-state index contributed by atoms with van der Waals surface area (Å²) in [7, 11) is 0. The van der Waals surface area contributed by atoms with Crippen LogP contribution in [-0.2, 0) is 11.2 Å². The third-order valence-corrected chi connectivity index (χ3v) is 3.89. The van der Waals surface area contributed by atoms with Gasteiger partial charge in [-0.25, -0.2) is 0 Å². The Labute approximate surface area is 114 Å². The molecule has 3 heteroatoms. The maximum Gasteiger partial charge on any atom is 0.152 e. The van der Waals surface area contributed by atoms with Crippen molar-refractivity contribution in [2.24, 2.45) is 5.41 Å². The van der Waals surface area contributed by atoms with Crippen LogP contribution in [0.2, 0.25) is 0 Å². The summed E-state index contributed by atoms with van der Waals surface area (Å²) in [5.74, 6) is 0.239. The third-order valence-electron chi connectivity index (χ3n) is 2.38. The van der Waals surface area contributed by atoms with E-state index in [9.17, 15) is 4.79 Å². The van der Waals surface area contributed by atoms with Crippen LogP contribution < -0.4 is 0 Å². The maximum atomic E-state index is 12.0. The summed E-state index contributed by atoms with van der Waals surface area (Å²) < 4.78 is 1.06. The number of benzene rings is 1. The normalized spacial score (nSPS) is 13.6. The Morgan fingerprint density at radius 3 is 2.38 bits per heavy atom. The fourth-order valence-electron chi connectivity index (χ4n) is 1.42. The molecule has 0 amide bonds. The Morgan fingerprint density at radius 1 is 1.31 bits per heavy atom. The van der Waals surface area contributed by atoms with E-state index >= 15 is 0 Å². The third kappa shape index (κ3) is 3.70. The van der Waals surface area contributed by atoms with Crippen molar-refractivity contribution in [3.63, 3.8) is 0 Å². The molecule has 1 atom stereocenters. The van der Waals surface area contributed by atoms with Gasteiger partial charge in [0.05, 0.1) is 4.83 Å². The lowest BCUT2D eigenvalue weighted by molar-refractivity contribution is -0.125. The monoisotopic (exact) mass is 346 g/mol. The van der Waals surface area contributed by atoms with Crippen LogP contribution in [0, 0.1) is 5.41 Å². The fourth-order valence-corrected chi connectivity index (χ4v) is 2.90. The average Bonchev–Trinajstić information content (AvgIpc) is 2.19. The van der Waals surface area contributed by atoms with E-state index in [0.29, 0.717) is 0 Å². The molecule has 0 saturated heterocycles. The number of hydrogen-bond donors (Lipinski definition) is 0. The lowest BCUT2D eigenvalue weighted by Gasteiger charge is -2.21. The number of alkyl halides is 1. The van der Waals surface area contributed by atoms with Gasteiger partial charge in [-0.3, -0.25) is 4.79 Å². The van der Waals surface area contributed by atoms with E-state index in [1.165, 1.54) is 0 Å². The van der Waals surface area contributed by atoms with Gasteiger partial charge in [-0.15, -0.1) is 0 Å². The van der Waals surface area contributed by atoms with Gasteiger partial charge in [-0.05, 0) is 18.1 Å². The van der Waals surface area contributed by atoms with Crippen LogP contribution in [0.5, 0.6) is 0 Å². The summed E-state index contributed by atoms with van der Waals surface area (Å²) >= 11 is 6.97. The Kier molecular flexibility index (Phi) is 4.74. The predicted molar refractivity (Wildman–Crippen MR) is 75.0 cm³/mol. The number of carbonyl (C=O) groups is 1. The molecule has 0 aromatic heterocycles. The van der Waals surface area contributed by atoms with Gasteiger partial charge in [0.15, 0.2) is 5.78 Å². The molecule has 0 fully saturated rings. The van der Waals surface area contributed by atoms with E-state index in [0.717, 1.165) is 16.5 Å². The fraction of sp³-hybridized carbons (Fsp3) is 0.462. The molecular weight excluding hydrogens is 332 g/mol. The summed E-state index contributed by atoms with van der Waals surface area (Å²) in [6, 6.07) is 7.99. The molecule has 1 aromatic rings. The molecule has 16 heavy (non-hydrogen) atoms. The summed E-state index contributed by atoms with van der Waals surface area (Å²) in [6.07, 6.45) is 0.720. The van der Waals surface area contributed by atoms with Crippen LogP contribution in [0.15, 0.2) is 28.7 Å². The molecule has 0 N–H and O–H groups in total. The van der Waals surface area contributed by atoms with Crippen molar-refractivity contribution in [3.05, 3.63) is 34.3 Å². The minimum atomic E-state index is -0.296. The van der Waals surface area contributed by atoms with Gasteiger partial charge in [0, 0.05) is 9.89 Å². The standard InChI is InChI=1S/C13H16Br2O/c1-13(2,3)12(16)11(15)8-9-6-4-5-7-10(9)14/h4-7,11H,8H2,1-3H3. The van der Waals surface area contributed by atoms with Crippen LogP contribution in [0.3, 0.4) is 0 Å². The van der Waals surface area contributed by atoms with Crippen LogP contribution in [-0.4, -0.2) is 10.6 Å². The van der Waals surface area contributed by atoms with Crippen molar-refractivity contribution in [1.29, 1.82) is 0 Å². The van der Waals surface area contributed by atoms with Crippen molar-refractivity contribution in [3.8, 4) is 0 Å². The minimum absolute atomic E-state index is 0.119. The number of Topliss-reactive ketones (excluding diaryl/α,β-unsaturated/α-hetero) is 1. The number of hydrogen-bond acceptors (Lipinski definition) is 1. The number of rotatable bonds is 3. The molecule has 0 aliphatic rings. The van der Waals surface area contributed by atoms with E-state index in [-0.39, 0.29) is 16.0 Å². The quantitative estimate of drug-likeness (QED) is 0.742. The lowest BCUT2D eigenvalue weighted by Crippen LogP contribution is -2.30. The first-order valence-electron chi connectivity index (χ1n) is 5.24. The van der Waals surface area contributed by atoms with Crippen LogP contribution in [0.1, 0.15) is 26.3 Å².